The third kappa shape index (κ3) is 4.50. The monoisotopic (exact) mass is 363 g/mol. The molecule has 1 saturated heterocycles. The lowest BCUT2D eigenvalue weighted by molar-refractivity contribution is 0.415. The summed E-state index contributed by atoms with van der Waals surface area (Å²) >= 11 is 0. The molecule has 0 radical (unpaired) electrons. The molecule has 2 heterocycles. The Bertz CT molecular complexity index is 801. The van der Waals surface area contributed by atoms with Gasteiger partial charge in [0.2, 0.25) is 10.0 Å². The van der Waals surface area contributed by atoms with E-state index in [9.17, 15) is 8.42 Å². The zero-order chi connectivity index (χ0) is 17.9. The number of nitrogens with one attached hydrogen (secondary N) is 1. The lowest BCUT2D eigenvalue weighted by Gasteiger charge is -2.36. The molecule has 9 heteroatoms. The van der Waals surface area contributed by atoms with E-state index in [1.54, 1.807) is 19.2 Å². The van der Waals surface area contributed by atoms with Gasteiger partial charge in [0.05, 0.1) is 13.4 Å². The van der Waals surface area contributed by atoms with Gasteiger partial charge in [0.15, 0.2) is 11.6 Å². The van der Waals surface area contributed by atoms with Crippen molar-refractivity contribution >= 4 is 27.3 Å². The fourth-order valence-electron chi connectivity index (χ4n) is 2.73. The van der Waals surface area contributed by atoms with Gasteiger partial charge in [-0.05, 0) is 36.4 Å². The van der Waals surface area contributed by atoms with Crippen molar-refractivity contribution in [2.75, 3.05) is 54.1 Å². The van der Waals surface area contributed by atoms with Gasteiger partial charge in [-0.1, -0.05) is 0 Å². The van der Waals surface area contributed by atoms with E-state index in [1.807, 2.05) is 12.1 Å². The maximum absolute atomic E-state index is 11.2. The molecule has 1 aliphatic heterocycles. The molecule has 1 fully saturated rings. The molecule has 0 saturated carbocycles. The standard InChI is InChI=1S/C16H21N5O3S/c1-24-14-5-3-13(4-6-14)20-9-11-21(12-10-20)16-8-7-15(17-18-16)19-25(2,22)23/h3-8H,9-12H2,1-2H3,(H,17,19). The highest BCUT2D eigenvalue weighted by Gasteiger charge is 2.19. The van der Waals surface area contributed by atoms with Crippen LogP contribution in [-0.4, -0.2) is 58.2 Å². The topological polar surface area (TPSA) is 87.7 Å². The molecule has 0 atom stereocenters. The average Bonchev–Trinajstić information content (AvgIpc) is 2.61. The average molecular weight is 363 g/mol. The summed E-state index contributed by atoms with van der Waals surface area (Å²) in [6.45, 7) is 3.38. The summed E-state index contributed by atoms with van der Waals surface area (Å²) in [4.78, 5) is 4.44. The van der Waals surface area contributed by atoms with E-state index >= 15 is 0 Å². The Morgan fingerprint density at radius 1 is 0.960 bits per heavy atom. The molecular formula is C16H21N5O3S. The van der Waals surface area contributed by atoms with Crippen molar-refractivity contribution in [3.05, 3.63) is 36.4 Å². The first kappa shape index (κ1) is 17.3. The molecule has 0 amide bonds. The highest BCUT2D eigenvalue weighted by molar-refractivity contribution is 7.92. The third-order valence-corrected chi connectivity index (χ3v) is 4.56. The number of methoxy groups -OCH3 is 1. The van der Waals surface area contributed by atoms with Gasteiger partial charge in [-0.3, -0.25) is 4.72 Å². The largest absolute Gasteiger partial charge is 0.497 e. The summed E-state index contributed by atoms with van der Waals surface area (Å²) in [6, 6.07) is 11.4. The van der Waals surface area contributed by atoms with Crippen LogP contribution in [0.15, 0.2) is 36.4 Å². The molecule has 25 heavy (non-hydrogen) atoms. The number of ether oxygens (including phenoxy) is 1. The Kier molecular flexibility index (Phi) is 4.93. The highest BCUT2D eigenvalue weighted by Crippen LogP contribution is 2.22. The van der Waals surface area contributed by atoms with Crippen molar-refractivity contribution in [2.24, 2.45) is 0 Å². The lowest BCUT2D eigenvalue weighted by Crippen LogP contribution is -2.46. The van der Waals surface area contributed by atoms with Gasteiger partial charge >= 0.3 is 0 Å². The lowest BCUT2D eigenvalue weighted by atomic mass is 10.2. The number of hydrogen-bond acceptors (Lipinski definition) is 7. The fraction of sp³-hybridized carbons (Fsp3) is 0.375. The van der Waals surface area contributed by atoms with Crippen LogP contribution >= 0.6 is 0 Å². The van der Waals surface area contributed by atoms with Crippen molar-refractivity contribution in [1.29, 1.82) is 0 Å². The Balaban J connectivity index is 1.60. The third-order valence-electron chi connectivity index (χ3n) is 3.98. The first-order valence-corrected chi connectivity index (χ1v) is 9.79. The summed E-state index contributed by atoms with van der Waals surface area (Å²) in [5.41, 5.74) is 1.17. The van der Waals surface area contributed by atoms with Crippen LogP contribution in [0.2, 0.25) is 0 Å². The Hall–Kier alpha value is -2.55. The summed E-state index contributed by atoms with van der Waals surface area (Å²) in [5.74, 6) is 1.82. The molecule has 1 aromatic carbocycles. The van der Waals surface area contributed by atoms with Gasteiger partial charge in [0.25, 0.3) is 0 Å². The maximum Gasteiger partial charge on any atom is 0.231 e. The molecule has 2 aromatic rings. The molecule has 1 N–H and O–H groups in total. The van der Waals surface area contributed by atoms with E-state index in [4.69, 9.17) is 4.74 Å². The molecule has 8 nitrogen and oxygen atoms in total. The Labute approximate surface area is 147 Å². The molecular weight excluding hydrogens is 342 g/mol. The molecule has 0 aliphatic carbocycles. The molecule has 0 bridgehead atoms. The van der Waals surface area contributed by atoms with Crippen LogP contribution in [0.1, 0.15) is 0 Å². The zero-order valence-corrected chi connectivity index (χ0v) is 15.0. The van der Waals surface area contributed by atoms with Crippen LogP contribution in [0.5, 0.6) is 5.75 Å². The number of nitrogens with zero attached hydrogens (tertiary/aromatic N) is 4. The molecule has 3 rings (SSSR count). The van der Waals surface area contributed by atoms with Crippen LogP contribution < -0.4 is 19.3 Å². The minimum absolute atomic E-state index is 0.225. The van der Waals surface area contributed by atoms with Crippen LogP contribution in [-0.2, 0) is 10.0 Å². The SMILES string of the molecule is COc1ccc(N2CCN(c3ccc(NS(C)(=O)=O)nn3)CC2)cc1. The Morgan fingerprint density at radius 2 is 1.60 bits per heavy atom. The summed E-state index contributed by atoms with van der Waals surface area (Å²) in [6.07, 6.45) is 1.08. The van der Waals surface area contributed by atoms with Crippen molar-refractivity contribution in [2.45, 2.75) is 0 Å². The first-order chi connectivity index (χ1) is 11.9. The van der Waals surface area contributed by atoms with Gasteiger partial charge in [-0.25, -0.2) is 8.42 Å². The summed E-state index contributed by atoms with van der Waals surface area (Å²) in [5, 5.41) is 8.05. The van der Waals surface area contributed by atoms with Gasteiger partial charge in [-0.15, -0.1) is 10.2 Å². The fourth-order valence-corrected chi connectivity index (χ4v) is 3.21. The molecule has 0 spiro atoms. The molecule has 1 aromatic heterocycles. The van der Waals surface area contributed by atoms with E-state index in [1.165, 1.54) is 5.69 Å². The normalized spacial score (nSPS) is 15.1. The Morgan fingerprint density at radius 3 is 2.12 bits per heavy atom. The smallest absolute Gasteiger partial charge is 0.231 e. The second-order valence-electron chi connectivity index (χ2n) is 5.82. The van der Waals surface area contributed by atoms with E-state index in [0.29, 0.717) is 0 Å². The molecule has 134 valence electrons. The minimum Gasteiger partial charge on any atom is -0.497 e. The van der Waals surface area contributed by atoms with Crippen molar-refractivity contribution < 1.29 is 13.2 Å². The zero-order valence-electron chi connectivity index (χ0n) is 14.2. The van der Waals surface area contributed by atoms with Crippen LogP contribution in [0, 0.1) is 0 Å². The number of piperazine rings is 1. The molecule has 1 aliphatic rings. The van der Waals surface area contributed by atoms with E-state index < -0.39 is 10.0 Å². The van der Waals surface area contributed by atoms with E-state index in [-0.39, 0.29) is 5.82 Å². The number of anilines is 3. The number of benzene rings is 1. The van der Waals surface area contributed by atoms with Gasteiger partial charge in [0, 0.05) is 31.9 Å². The number of rotatable bonds is 5. The van der Waals surface area contributed by atoms with Gasteiger partial charge in [-0.2, -0.15) is 0 Å². The van der Waals surface area contributed by atoms with E-state index in [0.717, 1.165) is 44.0 Å². The minimum atomic E-state index is -3.34. The highest BCUT2D eigenvalue weighted by atomic mass is 32.2. The molecule has 0 unspecified atom stereocenters. The van der Waals surface area contributed by atoms with Gasteiger partial charge in [0.1, 0.15) is 5.75 Å². The van der Waals surface area contributed by atoms with E-state index in [2.05, 4.69) is 36.9 Å². The number of hydrogen-bond donors (Lipinski definition) is 1. The predicted octanol–water partition coefficient (Wildman–Crippen LogP) is 1.18. The van der Waals surface area contributed by atoms with Crippen LogP contribution in [0.4, 0.5) is 17.3 Å². The quantitative estimate of drug-likeness (QED) is 0.853. The summed E-state index contributed by atoms with van der Waals surface area (Å²) < 4.78 is 29.9. The second kappa shape index (κ2) is 7.14. The summed E-state index contributed by atoms with van der Waals surface area (Å²) in [7, 11) is -1.68. The maximum atomic E-state index is 11.2. The van der Waals surface area contributed by atoms with Gasteiger partial charge < -0.3 is 14.5 Å². The number of aromatic nitrogens is 2. The predicted molar refractivity (Wildman–Crippen MR) is 97.9 cm³/mol. The van der Waals surface area contributed by atoms with Crippen molar-refractivity contribution in [1.82, 2.24) is 10.2 Å². The first-order valence-electron chi connectivity index (χ1n) is 7.90. The van der Waals surface area contributed by atoms with Crippen molar-refractivity contribution in [3.8, 4) is 5.75 Å². The van der Waals surface area contributed by atoms with Crippen LogP contribution in [0.25, 0.3) is 0 Å². The second-order valence-corrected chi connectivity index (χ2v) is 7.57. The van der Waals surface area contributed by atoms with Crippen LogP contribution in [0.3, 0.4) is 0 Å². The number of sulfonamides is 1. The van der Waals surface area contributed by atoms with Crippen molar-refractivity contribution in [3.63, 3.8) is 0 Å².